The number of carbonyl (C=O) groups is 1. The second kappa shape index (κ2) is 9.93. The van der Waals surface area contributed by atoms with Gasteiger partial charge in [-0.25, -0.2) is 5.48 Å². The Bertz CT molecular complexity index is 652. The number of aliphatic hydroxyl groups is 2. The molecule has 0 aliphatic heterocycles. The largest absolute Gasteiger partial charge is 0.396 e. The molecule has 5 nitrogen and oxygen atoms in total. The molecule has 25 heavy (non-hydrogen) atoms. The van der Waals surface area contributed by atoms with Crippen molar-refractivity contribution in [2.75, 3.05) is 6.61 Å². The Kier molecular flexibility index (Phi) is 7.60. The van der Waals surface area contributed by atoms with Crippen molar-refractivity contribution < 1.29 is 20.2 Å². The maximum atomic E-state index is 10.9. The molecule has 134 valence electrons. The van der Waals surface area contributed by atoms with Crippen molar-refractivity contribution in [1.29, 1.82) is 0 Å². The van der Waals surface area contributed by atoms with Gasteiger partial charge < -0.3 is 10.2 Å². The van der Waals surface area contributed by atoms with E-state index < -0.39 is 12.0 Å². The minimum atomic E-state index is -0.557. The summed E-state index contributed by atoms with van der Waals surface area (Å²) in [5.74, 6) is -0.399. The fourth-order valence-electron chi connectivity index (χ4n) is 2.74. The number of aliphatic hydroxyl groups excluding tert-OH is 2. The summed E-state index contributed by atoms with van der Waals surface area (Å²) in [7, 11) is 0. The van der Waals surface area contributed by atoms with Crippen molar-refractivity contribution >= 4 is 5.91 Å². The third kappa shape index (κ3) is 5.98. The van der Waals surface area contributed by atoms with Crippen LogP contribution in [-0.4, -0.2) is 27.9 Å². The van der Waals surface area contributed by atoms with Crippen molar-refractivity contribution in [3.8, 4) is 11.1 Å². The summed E-state index contributed by atoms with van der Waals surface area (Å²) in [4.78, 5) is 10.9. The van der Waals surface area contributed by atoms with E-state index in [1.807, 2.05) is 48.5 Å². The quantitative estimate of drug-likeness (QED) is 0.320. The SMILES string of the molecule is O=C(CCCC[C@@H](O)c1ccc(-c2ccc(CCO)cc2)cc1)NO. The number of hydrogen-bond acceptors (Lipinski definition) is 4. The van der Waals surface area contributed by atoms with Crippen LogP contribution in [-0.2, 0) is 11.2 Å². The summed E-state index contributed by atoms with van der Waals surface area (Å²) in [5.41, 5.74) is 5.73. The fraction of sp³-hybridized carbons (Fsp3) is 0.350. The van der Waals surface area contributed by atoms with Crippen LogP contribution in [0.5, 0.6) is 0 Å². The molecule has 0 radical (unpaired) electrons. The van der Waals surface area contributed by atoms with Gasteiger partial charge in [0.1, 0.15) is 0 Å². The molecule has 2 aromatic carbocycles. The standard InChI is InChI=1S/C20H25NO4/c22-14-13-15-5-7-16(8-6-15)17-9-11-18(12-10-17)19(23)3-1-2-4-20(24)21-25/h5-12,19,22-23,25H,1-4,13-14H2,(H,21,24)/t19-/m1/s1. The summed E-state index contributed by atoms with van der Waals surface area (Å²) in [6.07, 6.45) is 2.27. The van der Waals surface area contributed by atoms with Crippen LogP contribution < -0.4 is 5.48 Å². The van der Waals surface area contributed by atoms with E-state index in [9.17, 15) is 9.90 Å². The van der Waals surface area contributed by atoms with E-state index in [4.69, 9.17) is 10.3 Å². The zero-order valence-corrected chi connectivity index (χ0v) is 14.2. The van der Waals surface area contributed by atoms with Crippen molar-refractivity contribution in [3.63, 3.8) is 0 Å². The van der Waals surface area contributed by atoms with Gasteiger partial charge in [-0.3, -0.25) is 10.0 Å². The summed E-state index contributed by atoms with van der Waals surface area (Å²) in [6.45, 7) is 0.149. The first-order valence-corrected chi connectivity index (χ1v) is 8.55. The van der Waals surface area contributed by atoms with E-state index in [-0.39, 0.29) is 13.0 Å². The number of carbonyl (C=O) groups excluding carboxylic acids is 1. The zero-order valence-electron chi connectivity index (χ0n) is 14.2. The number of rotatable bonds is 9. The molecule has 0 bridgehead atoms. The lowest BCUT2D eigenvalue weighted by Crippen LogP contribution is -2.17. The van der Waals surface area contributed by atoms with Crippen LogP contribution in [0.1, 0.15) is 42.9 Å². The number of hydrogen-bond donors (Lipinski definition) is 4. The number of amides is 1. The van der Waals surface area contributed by atoms with Gasteiger partial charge in [-0.05, 0) is 41.5 Å². The maximum absolute atomic E-state index is 10.9. The molecule has 0 unspecified atom stereocenters. The molecular formula is C20H25NO4. The second-order valence-corrected chi connectivity index (χ2v) is 6.09. The van der Waals surface area contributed by atoms with Crippen LogP contribution in [0.2, 0.25) is 0 Å². The van der Waals surface area contributed by atoms with E-state index >= 15 is 0 Å². The van der Waals surface area contributed by atoms with E-state index in [0.717, 1.165) is 22.3 Å². The highest BCUT2D eigenvalue weighted by molar-refractivity contribution is 5.74. The Morgan fingerprint density at radius 3 is 2.12 bits per heavy atom. The first-order chi connectivity index (χ1) is 12.1. The summed E-state index contributed by atoms with van der Waals surface area (Å²) in [5, 5.41) is 27.6. The molecule has 0 saturated heterocycles. The molecule has 0 aliphatic carbocycles. The Morgan fingerprint density at radius 1 is 0.960 bits per heavy atom. The third-order valence-corrected chi connectivity index (χ3v) is 4.24. The first kappa shape index (κ1) is 19.1. The van der Waals surface area contributed by atoms with E-state index in [0.29, 0.717) is 25.7 Å². The average molecular weight is 343 g/mol. The van der Waals surface area contributed by atoms with Crippen LogP contribution in [0.15, 0.2) is 48.5 Å². The first-order valence-electron chi connectivity index (χ1n) is 8.55. The molecule has 1 atom stereocenters. The van der Waals surface area contributed by atoms with Gasteiger partial charge in [0.05, 0.1) is 6.10 Å². The number of benzene rings is 2. The van der Waals surface area contributed by atoms with Crippen molar-refractivity contribution in [2.45, 2.75) is 38.2 Å². The summed E-state index contributed by atoms with van der Waals surface area (Å²) < 4.78 is 0. The Balaban J connectivity index is 1.89. The van der Waals surface area contributed by atoms with Gasteiger partial charge >= 0.3 is 0 Å². The summed E-state index contributed by atoms with van der Waals surface area (Å²) >= 11 is 0. The molecule has 0 spiro atoms. The lowest BCUT2D eigenvalue weighted by Gasteiger charge is -2.12. The van der Waals surface area contributed by atoms with E-state index in [1.165, 1.54) is 0 Å². The maximum Gasteiger partial charge on any atom is 0.243 e. The van der Waals surface area contributed by atoms with Crippen molar-refractivity contribution in [1.82, 2.24) is 5.48 Å². The van der Waals surface area contributed by atoms with Gasteiger partial charge in [-0.2, -0.15) is 0 Å². The fourth-order valence-corrected chi connectivity index (χ4v) is 2.74. The molecule has 0 heterocycles. The third-order valence-electron chi connectivity index (χ3n) is 4.24. The van der Waals surface area contributed by atoms with Crippen LogP contribution in [0.4, 0.5) is 0 Å². The van der Waals surface area contributed by atoms with Crippen LogP contribution in [0, 0.1) is 0 Å². The molecule has 2 aromatic rings. The molecule has 0 fully saturated rings. The smallest absolute Gasteiger partial charge is 0.243 e. The van der Waals surface area contributed by atoms with Gasteiger partial charge in [0.25, 0.3) is 0 Å². The minimum absolute atomic E-state index is 0.149. The van der Waals surface area contributed by atoms with Crippen LogP contribution >= 0.6 is 0 Å². The highest BCUT2D eigenvalue weighted by Crippen LogP contribution is 2.25. The van der Waals surface area contributed by atoms with Crippen molar-refractivity contribution in [3.05, 3.63) is 59.7 Å². The molecule has 5 heteroatoms. The lowest BCUT2D eigenvalue weighted by molar-refractivity contribution is -0.129. The predicted octanol–water partition coefficient (Wildman–Crippen LogP) is 2.99. The molecule has 0 aromatic heterocycles. The molecule has 0 saturated carbocycles. The Labute approximate surface area is 147 Å². The van der Waals surface area contributed by atoms with Gasteiger partial charge in [0, 0.05) is 13.0 Å². The Morgan fingerprint density at radius 2 is 1.56 bits per heavy atom. The van der Waals surface area contributed by atoms with Crippen LogP contribution in [0.25, 0.3) is 11.1 Å². The zero-order chi connectivity index (χ0) is 18.1. The number of nitrogens with one attached hydrogen (secondary N) is 1. The van der Waals surface area contributed by atoms with E-state index in [1.54, 1.807) is 5.48 Å². The predicted molar refractivity (Wildman–Crippen MR) is 96.0 cm³/mol. The average Bonchev–Trinajstić information content (AvgIpc) is 2.66. The topological polar surface area (TPSA) is 89.8 Å². The monoisotopic (exact) mass is 343 g/mol. The number of unbranched alkanes of at least 4 members (excludes halogenated alkanes) is 1. The van der Waals surface area contributed by atoms with Gasteiger partial charge in [0.15, 0.2) is 0 Å². The summed E-state index contributed by atoms with van der Waals surface area (Å²) in [6, 6.07) is 15.9. The lowest BCUT2D eigenvalue weighted by atomic mass is 9.98. The van der Waals surface area contributed by atoms with Crippen molar-refractivity contribution in [2.24, 2.45) is 0 Å². The molecule has 1 amide bonds. The van der Waals surface area contributed by atoms with Gasteiger partial charge in [-0.1, -0.05) is 55.0 Å². The van der Waals surface area contributed by atoms with Gasteiger partial charge in [0.2, 0.25) is 5.91 Å². The molecule has 4 N–H and O–H groups in total. The molecular weight excluding hydrogens is 318 g/mol. The Hall–Kier alpha value is -2.21. The molecule has 0 aliphatic rings. The van der Waals surface area contributed by atoms with Gasteiger partial charge in [-0.15, -0.1) is 0 Å². The molecule has 2 rings (SSSR count). The highest BCUT2D eigenvalue weighted by Gasteiger charge is 2.08. The number of hydroxylamine groups is 1. The van der Waals surface area contributed by atoms with E-state index in [2.05, 4.69) is 0 Å². The minimum Gasteiger partial charge on any atom is -0.396 e. The normalized spacial score (nSPS) is 12.0. The second-order valence-electron chi connectivity index (χ2n) is 6.09. The van der Waals surface area contributed by atoms with Crippen LogP contribution in [0.3, 0.4) is 0 Å². The highest BCUT2D eigenvalue weighted by atomic mass is 16.5.